The summed E-state index contributed by atoms with van der Waals surface area (Å²) in [6.07, 6.45) is 8.71. The van der Waals surface area contributed by atoms with Gasteiger partial charge in [-0.1, -0.05) is 30.3 Å². The molecule has 144 valence electrons. The van der Waals surface area contributed by atoms with Gasteiger partial charge in [0.2, 0.25) is 0 Å². The van der Waals surface area contributed by atoms with Crippen LogP contribution in [-0.2, 0) is 6.54 Å². The first-order chi connectivity index (χ1) is 14.7. The quantitative estimate of drug-likeness (QED) is 0.351. The SMILES string of the molecule is N#Cc1ccc(C(=O)/C=C/c2cn(Cc3ccccc3)nc2-c2cccnc2)cc1. The fourth-order valence-electron chi connectivity index (χ4n) is 3.11. The molecule has 5 nitrogen and oxygen atoms in total. The highest BCUT2D eigenvalue weighted by Gasteiger charge is 2.11. The lowest BCUT2D eigenvalue weighted by Crippen LogP contribution is -2.00. The van der Waals surface area contributed by atoms with Crippen molar-refractivity contribution in [3.63, 3.8) is 0 Å². The van der Waals surface area contributed by atoms with Crippen LogP contribution in [0.4, 0.5) is 0 Å². The molecule has 0 amide bonds. The highest BCUT2D eigenvalue weighted by Crippen LogP contribution is 2.23. The average molecular weight is 390 g/mol. The van der Waals surface area contributed by atoms with Gasteiger partial charge in [-0.15, -0.1) is 0 Å². The lowest BCUT2D eigenvalue weighted by atomic mass is 10.1. The van der Waals surface area contributed by atoms with Crippen LogP contribution < -0.4 is 0 Å². The van der Waals surface area contributed by atoms with Gasteiger partial charge in [0.15, 0.2) is 5.78 Å². The number of nitriles is 1. The largest absolute Gasteiger partial charge is 0.289 e. The number of carbonyl (C=O) groups excluding carboxylic acids is 1. The summed E-state index contributed by atoms with van der Waals surface area (Å²) in [6, 6.07) is 22.5. The zero-order valence-corrected chi connectivity index (χ0v) is 16.1. The molecule has 0 N–H and O–H groups in total. The number of allylic oxidation sites excluding steroid dienone is 1. The molecule has 0 bridgehead atoms. The number of pyridine rings is 1. The van der Waals surface area contributed by atoms with E-state index in [1.807, 2.05) is 41.2 Å². The number of hydrogen-bond acceptors (Lipinski definition) is 4. The van der Waals surface area contributed by atoms with Crippen molar-refractivity contribution in [1.82, 2.24) is 14.8 Å². The van der Waals surface area contributed by atoms with Gasteiger partial charge in [-0.3, -0.25) is 14.5 Å². The second kappa shape index (κ2) is 8.80. The maximum Gasteiger partial charge on any atom is 0.185 e. The van der Waals surface area contributed by atoms with Crippen molar-refractivity contribution in [3.05, 3.63) is 114 Å². The fourth-order valence-corrected chi connectivity index (χ4v) is 3.11. The molecule has 0 spiro atoms. The molecule has 4 rings (SSSR count). The smallest absolute Gasteiger partial charge is 0.185 e. The molecule has 30 heavy (non-hydrogen) atoms. The van der Waals surface area contributed by atoms with Crippen molar-refractivity contribution >= 4 is 11.9 Å². The Hall–Kier alpha value is -4.30. The van der Waals surface area contributed by atoms with Crippen LogP contribution in [0.25, 0.3) is 17.3 Å². The standard InChI is InChI=1S/C25H18N4O/c26-15-19-8-10-21(11-9-19)24(30)13-12-23-18-29(17-20-5-2-1-3-6-20)28-25(23)22-7-4-14-27-16-22/h1-14,16,18H,17H2/b13-12+. The monoisotopic (exact) mass is 390 g/mol. The third kappa shape index (κ3) is 4.40. The average Bonchev–Trinajstić information content (AvgIpc) is 3.21. The molecule has 0 unspecified atom stereocenters. The van der Waals surface area contributed by atoms with Gasteiger partial charge in [0.05, 0.1) is 18.2 Å². The Kier molecular flexibility index (Phi) is 5.59. The molecule has 5 heteroatoms. The number of aromatic nitrogens is 3. The maximum absolute atomic E-state index is 12.6. The van der Waals surface area contributed by atoms with Crippen LogP contribution in [0.15, 0.2) is 91.4 Å². The van der Waals surface area contributed by atoms with Crippen LogP contribution in [-0.4, -0.2) is 20.5 Å². The third-order valence-corrected chi connectivity index (χ3v) is 4.63. The minimum Gasteiger partial charge on any atom is -0.289 e. The highest BCUT2D eigenvalue weighted by molar-refractivity contribution is 6.07. The van der Waals surface area contributed by atoms with E-state index >= 15 is 0 Å². The fraction of sp³-hybridized carbons (Fsp3) is 0.0400. The molecule has 0 saturated heterocycles. The minimum atomic E-state index is -0.132. The predicted octanol–water partition coefficient (Wildman–Crippen LogP) is 4.76. The van der Waals surface area contributed by atoms with Crippen molar-refractivity contribution in [2.45, 2.75) is 6.54 Å². The second-order valence-electron chi connectivity index (χ2n) is 6.74. The van der Waals surface area contributed by atoms with Gasteiger partial charge >= 0.3 is 0 Å². The van der Waals surface area contributed by atoms with E-state index in [4.69, 9.17) is 10.4 Å². The second-order valence-corrected chi connectivity index (χ2v) is 6.74. The summed E-state index contributed by atoms with van der Waals surface area (Å²) in [5.74, 6) is -0.132. The molecule has 2 aromatic carbocycles. The Bertz CT molecular complexity index is 1220. The zero-order valence-electron chi connectivity index (χ0n) is 16.1. The van der Waals surface area contributed by atoms with Crippen LogP contribution in [0.3, 0.4) is 0 Å². The minimum absolute atomic E-state index is 0.132. The molecule has 4 aromatic rings. The summed E-state index contributed by atoms with van der Waals surface area (Å²) < 4.78 is 1.86. The molecule has 0 aliphatic heterocycles. The first-order valence-corrected chi connectivity index (χ1v) is 9.47. The molecule has 0 aliphatic rings. The van der Waals surface area contributed by atoms with Crippen LogP contribution >= 0.6 is 0 Å². The number of hydrogen-bond donors (Lipinski definition) is 0. The molecule has 0 atom stereocenters. The van der Waals surface area contributed by atoms with E-state index in [0.29, 0.717) is 17.7 Å². The lowest BCUT2D eigenvalue weighted by molar-refractivity contribution is 0.104. The Morgan fingerprint density at radius 1 is 1.03 bits per heavy atom. The number of ketones is 1. The van der Waals surface area contributed by atoms with E-state index in [2.05, 4.69) is 23.2 Å². The normalized spacial score (nSPS) is 10.8. The molecular weight excluding hydrogens is 372 g/mol. The number of benzene rings is 2. The van der Waals surface area contributed by atoms with Gasteiger partial charge in [0.25, 0.3) is 0 Å². The summed E-state index contributed by atoms with van der Waals surface area (Å²) in [5, 5.41) is 13.6. The van der Waals surface area contributed by atoms with Gasteiger partial charge in [-0.25, -0.2) is 0 Å². The Labute approximate surface area is 174 Å². The summed E-state index contributed by atoms with van der Waals surface area (Å²) in [5.41, 5.74) is 4.68. The highest BCUT2D eigenvalue weighted by atomic mass is 16.1. The number of carbonyl (C=O) groups is 1. The van der Waals surface area contributed by atoms with Crippen LogP contribution in [0, 0.1) is 11.3 Å². The molecule has 0 radical (unpaired) electrons. The zero-order chi connectivity index (χ0) is 20.8. The van der Waals surface area contributed by atoms with E-state index in [-0.39, 0.29) is 5.78 Å². The molecule has 0 aliphatic carbocycles. The summed E-state index contributed by atoms with van der Waals surface area (Å²) in [4.78, 5) is 16.7. The van der Waals surface area contributed by atoms with E-state index in [9.17, 15) is 4.79 Å². The van der Waals surface area contributed by atoms with E-state index in [0.717, 1.165) is 22.4 Å². The Morgan fingerprint density at radius 3 is 2.53 bits per heavy atom. The first kappa shape index (κ1) is 19.0. The van der Waals surface area contributed by atoms with Crippen LogP contribution in [0.5, 0.6) is 0 Å². The first-order valence-electron chi connectivity index (χ1n) is 9.47. The van der Waals surface area contributed by atoms with Gasteiger partial charge in [0.1, 0.15) is 5.69 Å². The van der Waals surface area contributed by atoms with Gasteiger partial charge in [-0.2, -0.15) is 10.4 Å². The van der Waals surface area contributed by atoms with Crippen molar-refractivity contribution in [2.24, 2.45) is 0 Å². The van der Waals surface area contributed by atoms with Crippen molar-refractivity contribution < 1.29 is 4.79 Å². The number of nitrogens with zero attached hydrogens (tertiary/aromatic N) is 4. The van der Waals surface area contributed by atoms with Gasteiger partial charge in [0, 0.05) is 35.3 Å². The third-order valence-electron chi connectivity index (χ3n) is 4.63. The van der Waals surface area contributed by atoms with Crippen molar-refractivity contribution in [2.75, 3.05) is 0 Å². The van der Waals surface area contributed by atoms with Crippen LogP contribution in [0.2, 0.25) is 0 Å². The predicted molar refractivity (Wildman–Crippen MR) is 116 cm³/mol. The Morgan fingerprint density at radius 2 is 1.83 bits per heavy atom. The topological polar surface area (TPSA) is 71.6 Å². The summed E-state index contributed by atoms with van der Waals surface area (Å²) >= 11 is 0. The lowest BCUT2D eigenvalue weighted by Gasteiger charge is -2.01. The molecular formula is C25H18N4O. The molecule has 0 saturated carbocycles. The summed E-state index contributed by atoms with van der Waals surface area (Å²) in [6.45, 7) is 0.630. The molecule has 2 heterocycles. The van der Waals surface area contributed by atoms with Crippen LogP contribution in [0.1, 0.15) is 27.0 Å². The van der Waals surface area contributed by atoms with Crippen molar-refractivity contribution in [3.8, 4) is 17.3 Å². The maximum atomic E-state index is 12.6. The number of rotatable bonds is 6. The van der Waals surface area contributed by atoms with Gasteiger partial charge < -0.3 is 0 Å². The Balaban J connectivity index is 1.64. The molecule has 2 aromatic heterocycles. The van der Waals surface area contributed by atoms with E-state index in [1.165, 1.54) is 6.08 Å². The van der Waals surface area contributed by atoms with Gasteiger partial charge in [-0.05, 0) is 54.1 Å². The van der Waals surface area contributed by atoms with E-state index < -0.39 is 0 Å². The van der Waals surface area contributed by atoms with E-state index in [1.54, 1.807) is 42.7 Å². The van der Waals surface area contributed by atoms with Crippen molar-refractivity contribution in [1.29, 1.82) is 5.26 Å². The molecule has 0 fully saturated rings. The summed E-state index contributed by atoms with van der Waals surface area (Å²) in [7, 11) is 0.